The maximum atomic E-state index is 12.8. The Morgan fingerprint density at radius 1 is 1.17 bits per heavy atom. The van der Waals surface area contributed by atoms with Gasteiger partial charge in [-0.05, 0) is 31.2 Å². The lowest BCUT2D eigenvalue weighted by Gasteiger charge is -2.05. The van der Waals surface area contributed by atoms with Crippen molar-refractivity contribution in [1.29, 1.82) is 0 Å². The molecule has 0 unspecified atom stereocenters. The van der Waals surface area contributed by atoms with Crippen LogP contribution in [0, 0.1) is 10.1 Å². The molecule has 3 rings (SSSR count). The molecule has 0 aliphatic rings. The first-order valence-electron chi connectivity index (χ1n) is 7.05. The number of fused-ring (bicyclic) bond motifs is 1. The molecule has 2 aromatic carbocycles. The van der Waals surface area contributed by atoms with Crippen LogP contribution in [0.15, 0.2) is 53.4 Å². The standard InChI is InChI=1S/C15H13N3O5S/c1-2-23-15-13-5-3-4-6-14(13)17(16-15)24(21,22)12-9-7-11(8-10-12)18(19)20/h3-10H,2H2,1H3. The van der Waals surface area contributed by atoms with Crippen molar-refractivity contribution in [2.24, 2.45) is 0 Å². The van der Waals surface area contributed by atoms with Crippen molar-refractivity contribution < 1.29 is 18.1 Å². The third-order valence-corrected chi connectivity index (χ3v) is 4.98. The summed E-state index contributed by atoms with van der Waals surface area (Å²) < 4.78 is 31.9. The van der Waals surface area contributed by atoms with E-state index in [1.807, 2.05) is 0 Å². The number of aromatic nitrogens is 2. The summed E-state index contributed by atoms with van der Waals surface area (Å²) in [6.07, 6.45) is 0. The summed E-state index contributed by atoms with van der Waals surface area (Å²) in [5.74, 6) is 0.221. The molecule has 3 aromatic rings. The van der Waals surface area contributed by atoms with Gasteiger partial charge in [0.25, 0.3) is 15.7 Å². The van der Waals surface area contributed by atoms with Crippen LogP contribution < -0.4 is 4.74 Å². The zero-order chi connectivity index (χ0) is 17.3. The van der Waals surface area contributed by atoms with Crippen LogP contribution in [0.2, 0.25) is 0 Å². The van der Waals surface area contributed by atoms with Gasteiger partial charge in [-0.25, -0.2) is 0 Å². The lowest BCUT2D eigenvalue weighted by atomic mass is 10.2. The van der Waals surface area contributed by atoms with E-state index >= 15 is 0 Å². The topological polar surface area (TPSA) is 104 Å². The highest BCUT2D eigenvalue weighted by atomic mass is 32.2. The Balaban J connectivity index is 2.16. The lowest BCUT2D eigenvalue weighted by molar-refractivity contribution is -0.384. The maximum absolute atomic E-state index is 12.8. The number of nitrogens with zero attached hydrogens (tertiary/aromatic N) is 3. The van der Waals surface area contributed by atoms with Crippen LogP contribution in [-0.2, 0) is 10.0 Å². The van der Waals surface area contributed by atoms with Gasteiger partial charge in [-0.2, -0.15) is 8.42 Å². The number of nitro groups is 1. The van der Waals surface area contributed by atoms with E-state index in [0.29, 0.717) is 17.5 Å². The quantitative estimate of drug-likeness (QED) is 0.519. The van der Waals surface area contributed by atoms with E-state index in [-0.39, 0.29) is 16.5 Å². The number of hydrogen-bond acceptors (Lipinski definition) is 6. The van der Waals surface area contributed by atoms with Crippen LogP contribution in [-0.4, -0.2) is 29.1 Å². The molecule has 0 aliphatic heterocycles. The molecule has 1 aromatic heterocycles. The maximum Gasteiger partial charge on any atom is 0.283 e. The van der Waals surface area contributed by atoms with Gasteiger partial charge in [-0.3, -0.25) is 10.1 Å². The van der Waals surface area contributed by atoms with E-state index < -0.39 is 14.9 Å². The number of ether oxygens (including phenoxy) is 1. The van der Waals surface area contributed by atoms with Gasteiger partial charge in [0.1, 0.15) is 0 Å². The predicted octanol–water partition coefficient (Wildman–Crippen LogP) is 2.58. The number of non-ortho nitro benzene ring substituents is 1. The summed E-state index contributed by atoms with van der Waals surface area (Å²) >= 11 is 0. The Morgan fingerprint density at radius 2 is 1.83 bits per heavy atom. The van der Waals surface area contributed by atoms with E-state index in [1.165, 1.54) is 12.1 Å². The summed E-state index contributed by atoms with van der Waals surface area (Å²) in [5.41, 5.74) is 0.189. The summed E-state index contributed by atoms with van der Waals surface area (Å²) in [6, 6.07) is 11.4. The summed E-state index contributed by atoms with van der Waals surface area (Å²) in [4.78, 5) is 10.0. The van der Waals surface area contributed by atoms with E-state index in [4.69, 9.17) is 4.74 Å². The zero-order valence-corrected chi connectivity index (χ0v) is 13.4. The third kappa shape index (κ3) is 2.58. The molecule has 0 aliphatic carbocycles. The molecular weight excluding hydrogens is 334 g/mol. The van der Waals surface area contributed by atoms with Crippen LogP contribution in [0.4, 0.5) is 5.69 Å². The highest BCUT2D eigenvalue weighted by Crippen LogP contribution is 2.28. The lowest BCUT2D eigenvalue weighted by Crippen LogP contribution is -2.14. The fourth-order valence-corrected chi connectivity index (χ4v) is 3.56. The van der Waals surface area contributed by atoms with Gasteiger partial charge in [0.15, 0.2) is 0 Å². The van der Waals surface area contributed by atoms with E-state index in [2.05, 4.69) is 5.10 Å². The van der Waals surface area contributed by atoms with Crippen molar-refractivity contribution in [1.82, 2.24) is 9.19 Å². The first kappa shape index (κ1) is 15.9. The highest BCUT2D eigenvalue weighted by Gasteiger charge is 2.24. The van der Waals surface area contributed by atoms with Crippen molar-refractivity contribution in [3.05, 3.63) is 58.6 Å². The second-order valence-electron chi connectivity index (χ2n) is 4.85. The fraction of sp³-hybridized carbons (Fsp3) is 0.133. The van der Waals surface area contributed by atoms with Crippen molar-refractivity contribution in [2.75, 3.05) is 6.61 Å². The van der Waals surface area contributed by atoms with Crippen LogP contribution >= 0.6 is 0 Å². The zero-order valence-electron chi connectivity index (χ0n) is 12.6. The first-order chi connectivity index (χ1) is 11.4. The molecule has 0 N–H and O–H groups in total. The molecule has 0 amide bonds. The van der Waals surface area contributed by atoms with Crippen molar-refractivity contribution in [3.63, 3.8) is 0 Å². The Bertz CT molecular complexity index is 1010. The molecule has 0 fully saturated rings. The average molecular weight is 347 g/mol. The second-order valence-corrected chi connectivity index (χ2v) is 6.62. The van der Waals surface area contributed by atoms with Crippen LogP contribution in [0.3, 0.4) is 0 Å². The molecule has 124 valence electrons. The number of hydrogen-bond donors (Lipinski definition) is 0. The first-order valence-corrected chi connectivity index (χ1v) is 8.49. The molecule has 0 saturated carbocycles. The molecule has 24 heavy (non-hydrogen) atoms. The normalized spacial score (nSPS) is 11.5. The predicted molar refractivity (Wildman–Crippen MR) is 86.6 cm³/mol. The number of nitro benzene ring substituents is 1. The van der Waals surface area contributed by atoms with E-state index in [0.717, 1.165) is 16.2 Å². The van der Waals surface area contributed by atoms with Crippen molar-refractivity contribution in [2.45, 2.75) is 11.8 Å². The minimum Gasteiger partial charge on any atom is -0.476 e. The molecule has 0 saturated heterocycles. The van der Waals surface area contributed by atoms with Gasteiger partial charge < -0.3 is 4.74 Å². The molecule has 9 heteroatoms. The van der Waals surface area contributed by atoms with Gasteiger partial charge in [-0.1, -0.05) is 12.1 Å². The SMILES string of the molecule is CCOc1nn(S(=O)(=O)c2ccc([N+](=O)[O-])cc2)c2ccccc12. The Hall–Kier alpha value is -2.94. The molecule has 0 radical (unpaired) electrons. The molecule has 0 atom stereocenters. The summed E-state index contributed by atoms with van der Waals surface area (Å²) in [6.45, 7) is 2.12. The Labute approximate surface area is 137 Å². The van der Waals surface area contributed by atoms with Crippen molar-refractivity contribution >= 4 is 26.6 Å². The Morgan fingerprint density at radius 3 is 2.46 bits per heavy atom. The summed E-state index contributed by atoms with van der Waals surface area (Å²) in [5, 5.41) is 15.3. The minimum atomic E-state index is -4.00. The smallest absolute Gasteiger partial charge is 0.283 e. The van der Waals surface area contributed by atoms with Gasteiger partial charge >= 0.3 is 0 Å². The van der Waals surface area contributed by atoms with Gasteiger partial charge in [0, 0.05) is 12.1 Å². The number of para-hydroxylation sites is 1. The highest BCUT2D eigenvalue weighted by molar-refractivity contribution is 7.90. The minimum absolute atomic E-state index is 0.0931. The molecule has 1 heterocycles. The molecule has 0 spiro atoms. The van der Waals surface area contributed by atoms with E-state index in [1.54, 1.807) is 31.2 Å². The van der Waals surface area contributed by atoms with Crippen molar-refractivity contribution in [3.8, 4) is 5.88 Å². The molecule has 0 bridgehead atoms. The van der Waals surface area contributed by atoms with Crippen LogP contribution in [0.1, 0.15) is 6.92 Å². The fourth-order valence-electron chi connectivity index (χ4n) is 2.28. The average Bonchev–Trinajstić information content (AvgIpc) is 2.95. The van der Waals surface area contributed by atoms with Crippen LogP contribution in [0.5, 0.6) is 5.88 Å². The molecular formula is C15H13N3O5S. The monoisotopic (exact) mass is 347 g/mol. The van der Waals surface area contributed by atoms with Gasteiger partial charge in [-0.15, -0.1) is 9.19 Å². The molecule has 8 nitrogen and oxygen atoms in total. The number of rotatable bonds is 5. The third-order valence-electron chi connectivity index (χ3n) is 3.38. The second kappa shape index (κ2) is 5.93. The summed E-state index contributed by atoms with van der Waals surface area (Å²) in [7, 11) is -4.00. The van der Waals surface area contributed by atoms with Gasteiger partial charge in [0.2, 0.25) is 5.88 Å². The van der Waals surface area contributed by atoms with E-state index in [9.17, 15) is 18.5 Å². The van der Waals surface area contributed by atoms with Gasteiger partial charge in [0.05, 0.1) is 27.3 Å². The van der Waals surface area contributed by atoms with Crippen LogP contribution in [0.25, 0.3) is 10.9 Å². The largest absolute Gasteiger partial charge is 0.476 e. The number of benzene rings is 2. The Kier molecular flexibility index (Phi) is 3.94.